The van der Waals surface area contributed by atoms with E-state index in [4.69, 9.17) is 9.15 Å². The minimum Gasteiger partial charge on any atom is -0.497 e. The lowest BCUT2D eigenvalue weighted by atomic mass is 9.96. The molecule has 0 radical (unpaired) electrons. The number of nitrogens with zero attached hydrogens (tertiary/aromatic N) is 2. The monoisotopic (exact) mass is 566 g/mol. The van der Waals surface area contributed by atoms with Gasteiger partial charge >= 0.3 is 0 Å². The molecule has 0 saturated carbocycles. The number of oxazole rings is 1. The van der Waals surface area contributed by atoms with E-state index in [1.165, 1.54) is 18.5 Å². The number of sulfonamides is 1. The van der Waals surface area contributed by atoms with Crippen molar-refractivity contribution in [1.82, 2.24) is 15.0 Å². The zero-order valence-electron chi connectivity index (χ0n) is 17.1. The number of carbonyl (C=O) groups is 1. The third-order valence-corrected chi connectivity index (χ3v) is 6.86. The quantitative estimate of drug-likeness (QED) is 0.443. The number of carbonyl (C=O) groups excluding carboxylic acids is 1. The SMILES string of the molecule is COc1cc(C)cc(C(CNC(=O)C2=Nc3ccc(I)cc3S(=O)(=O)N2)c2ncco2)c1. The van der Waals surface area contributed by atoms with Crippen LogP contribution in [0, 0.1) is 10.5 Å². The Hall–Kier alpha value is -2.93. The van der Waals surface area contributed by atoms with Crippen LogP contribution in [0.25, 0.3) is 0 Å². The van der Waals surface area contributed by atoms with Crippen molar-refractivity contribution in [2.24, 2.45) is 4.99 Å². The lowest BCUT2D eigenvalue weighted by Gasteiger charge is -2.20. The summed E-state index contributed by atoms with van der Waals surface area (Å²) in [6, 6.07) is 10.5. The molecule has 166 valence electrons. The van der Waals surface area contributed by atoms with E-state index in [2.05, 4.69) is 20.0 Å². The van der Waals surface area contributed by atoms with Gasteiger partial charge in [0.05, 0.1) is 24.9 Å². The van der Waals surface area contributed by atoms with Gasteiger partial charge in [0.2, 0.25) is 11.7 Å². The molecule has 1 amide bonds. The molecule has 1 aliphatic rings. The topological polar surface area (TPSA) is 123 Å². The predicted molar refractivity (Wildman–Crippen MR) is 126 cm³/mol. The van der Waals surface area contributed by atoms with E-state index in [9.17, 15) is 13.2 Å². The maximum atomic E-state index is 12.8. The molecule has 1 atom stereocenters. The Balaban J connectivity index is 1.60. The lowest BCUT2D eigenvalue weighted by Crippen LogP contribution is -2.45. The number of nitrogens with one attached hydrogen (secondary N) is 2. The Morgan fingerprint density at radius 3 is 2.81 bits per heavy atom. The number of amidine groups is 1. The first-order chi connectivity index (χ1) is 15.3. The van der Waals surface area contributed by atoms with Crippen LogP contribution in [0.4, 0.5) is 5.69 Å². The van der Waals surface area contributed by atoms with E-state index in [1.54, 1.807) is 19.2 Å². The second kappa shape index (κ2) is 8.90. The molecule has 0 spiro atoms. The molecule has 4 rings (SSSR count). The van der Waals surface area contributed by atoms with E-state index >= 15 is 0 Å². The number of ether oxygens (including phenoxy) is 1. The van der Waals surface area contributed by atoms with Gasteiger partial charge in [0, 0.05) is 10.1 Å². The van der Waals surface area contributed by atoms with E-state index in [0.717, 1.165) is 14.7 Å². The van der Waals surface area contributed by atoms with Crippen molar-refractivity contribution in [3.05, 3.63) is 69.4 Å². The van der Waals surface area contributed by atoms with Gasteiger partial charge in [-0.1, -0.05) is 6.07 Å². The zero-order chi connectivity index (χ0) is 22.9. The Bertz CT molecular complexity index is 1310. The van der Waals surface area contributed by atoms with Crippen LogP contribution < -0.4 is 14.8 Å². The number of hydrogen-bond donors (Lipinski definition) is 2. The summed E-state index contributed by atoms with van der Waals surface area (Å²) in [4.78, 5) is 21.3. The van der Waals surface area contributed by atoms with Crippen molar-refractivity contribution in [3.63, 3.8) is 0 Å². The predicted octanol–water partition coefficient (Wildman–Crippen LogP) is 2.87. The van der Waals surface area contributed by atoms with Crippen LogP contribution in [0.1, 0.15) is 22.9 Å². The summed E-state index contributed by atoms with van der Waals surface area (Å²) < 4.78 is 39.0. The summed E-state index contributed by atoms with van der Waals surface area (Å²) in [7, 11) is -2.33. The average molecular weight is 566 g/mol. The van der Waals surface area contributed by atoms with E-state index in [-0.39, 0.29) is 23.0 Å². The highest BCUT2D eigenvalue weighted by Crippen LogP contribution is 2.30. The molecule has 2 heterocycles. The number of aromatic nitrogens is 1. The molecular formula is C21H19IN4O5S. The van der Waals surface area contributed by atoms with Crippen LogP contribution in [0.15, 0.2) is 63.2 Å². The van der Waals surface area contributed by atoms with E-state index in [0.29, 0.717) is 11.6 Å². The fourth-order valence-corrected chi connectivity index (χ4v) is 5.22. The average Bonchev–Trinajstić information content (AvgIpc) is 3.28. The molecule has 9 nitrogen and oxygen atoms in total. The van der Waals surface area contributed by atoms with Gasteiger partial charge in [-0.3, -0.25) is 9.52 Å². The molecule has 11 heteroatoms. The molecule has 2 N–H and O–H groups in total. The van der Waals surface area contributed by atoms with Gasteiger partial charge in [0.25, 0.3) is 15.9 Å². The van der Waals surface area contributed by atoms with Crippen LogP contribution >= 0.6 is 22.6 Å². The summed E-state index contributed by atoms with van der Waals surface area (Å²) in [5.41, 5.74) is 2.01. The molecular weight excluding hydrogens is 547 g/mol. The van der Waals surface area contributed by atoms with Crippen LogP contribution in [-0.4, -0.2) is 38.8 Å². The number of methoxy groups -OCH3 is 1. The fourth-order valence-electron chi connectivity index (χ4n) is 3.35. The normalized spacial score (nSPS) is 15.2. The van der Waals surface area contributed by atoms with E-state index in [1.807, 2.05) is 47.7 Å². The molecule has 1 aromatic heterocycles. The molecule has 0 saturated heterocycles. The van der Waals surface area contributed by atoms with Gasteiger partial charge in [0.15, 0.2) is 0 Å². The van der Waals surface area contributed by atoms with Crippen molar-refractivity contribution >= 4 is 50.0 Å². The highest BCUT2D eigenvalue weighted by molar-refractivity contribution is 14.1. The largest absolute Gasteiger partial charge is 0.497 e. The summed E-state index contributed by atoms with van der Waals surface area (Å²) in [6.07, 6.45) is 2.98. The minimum atomic E-state index is -3.90. The Labute approximate surface area is 198 Å². The molecule has 2 aromatic carbocycles. The number of benzene rings is 2. The first-order valence-electron chi connectivity index (χ1n) is 9.51. The van der Waals surface area contributed by atoms with Gasteiger partial charge < -0.3 is 14.5 Å². The summed E-state index contributed by atoms with van der Waals surface area (Å²) in [5.74, 6) is -0.305. The van der Waals surface area contributed by atoms with Crippen molar-refractivity contribution in [2.45, 2.75) is 17.7 Å². The number of aryl methyl sites for hydroxylation is 1. The van der Waals surface area contributed by atoms with Gasteiger partial charge in [-0.25, -0.2) is 18.4 Å². The third-order valence-electron chi connectivity index (χ3n) is 4.82. The number of halogens is 1. The molecule has 3 aromatic rings. The molecule has 0 fully saturated rings. The van der Waals surface area contributed by atoms with E-state index < -0.39 is 21.8 Å². The first kappa shape index (κ1) is 22.3. The first-order valence-corrected chi connectivity index (χ1v) is 12.1. The highest BCUT2D eigenvalue weighted by Gasteiger charge is 2.30. The van der Waals surface area contributed by atoms with Gasteiger partial charge in [-0.15, -0.1) is 0 Å². The van der Waals surface area contributed by atoms with Gasteiger partial charge in [-0.05, 0) is 71.0 Å². The number of hydrogen-bond acceptors (Lipinski definition) is 7. The lowest BCUT2D eigenvalue weighted by molar-refractivity contribution is -0.115. The van der Waals surface area contributed by atoms with Crippen LogP contribution in [0.2, 0.25) is 0 Å². The van der Waals surface area contributed by atoms with Gasteiger partial charge in [0.1, 0.15) is 16.9 Å². The Morgan fingerprint density at radius 2 is 2.09 bits per heavy atom. The second-order valence-electron chi connectivity index (χ2n) is 7.09. The van der Waals surface area contributed by atoms with Crippen molar-refractivity contribution < 1.29 is 22.4 Å². The summed E-state index contributed by atoms with van der Waals surface area (Å²) >= 11 is 2.02. The molecule has 1 aliphatic heterocycles. The molecule has 32 heavy (non-hydrogen) atoms. The maximum Gasteiger partial charge on any atom is 0.287 e. The maximum absolute atomic E-state index is 12.8. The van der Waals surface area contributed by atoms with Crippen molar-refractivity contribution in [1.29, 1.82) is 0 Å². The summed E-state index contributed by atoms with van der Waals surface area (Å²) in [5, 5.41) is 2.74. The molecule has 0 aliphatic carbocycles. The van der Waals surface area contributed by atoms with Crippen LogP contribution in [0.5, 0.6) is 5.75 Å². The van der Waals surface area contributed by atoms with Crippen molar-refractivity contribution in [2.75, 3.05) is 13.7 Å². The number of aliphatic imine (C=N–C) groups is 1. The fraction of sp³-hybridized carbons (Fsp3) is 0.190. The third kappa shape index (κ3) is 4.63. The standard InChI is InChI=1S/C21H19IN4O5S/c1-12-7-13(9-15(8-12)30-2)16(21-23-5-6-31-21)11-24-20(27)19-25-17-4-3-14(22)10-18(17)32(28,29)26-19/h3-10,16H,11H2,1-2H3,(H,24,27)(H,25,26). The smallest absolute Gasteiger partial charge is 0.287 e. The zero-order valence-corrected chi connectivity index (χ0v) is 20.1. The Kier molecular flexibility index (Phi) is 6.20. The minimum absolute atomic E-state index is 0.0328. The Morgan fingerprint density at radius 1 is 1.28 bits per heavy atom. The van der Waals surface area contributed by atoms with Crippen LogP contribution in [-0.2, 0) is 14.8 Å². The highest BCUT2D eigenvalue weighted by atomic mass is 127. The molecule has 1 unspecified atom stereocenters. The summed E-state index contributed by atoms with van der Waals surface area (Å²) in [6.45, 7) is 2.04. The van der Waals surface area contributed by atoms with Crippen molar-refractivity contribution in [3.8, 4) is 5.75 Å². The number of rotatable bonds is 6. The second-order valence-corrected chi connectivity index (χ2v) is 9.99. The molecule has 0 bridgehead atoms. The van der Waals surface area contributed by atoms with Gasteiger partial charge in [-0.2, -0.15) is 0 Å². The number of amides is 1. The van der Waals surface area contributed by atoms with Crippen LogP contribution in [0.3, 0.4) is 0 Å². The number of fused-ring (bicyclic) bond motifs is 1.